The maximum atomic E-state index is 8.74. The van der Waals surface area contributed by atoms with Crippen molar-refractivity contribution in [1.29, 1.82) is 5.26 Å². The van der Waals surface area contributed by atoms with Gasteiger partial charge in [-0.1, -0.05) is 0 Å². The first-order valence-electron chi connectivity index (χ1n) is 4.48. The predicted molar refractivity (Wildman–Crippen MR) is 64.2 cm³/mol. The van der Waals surface area contributed by atoms with Crippen LogP contribution in [-0.2, 0) is 0 Å². The molecule has 1 heterocycles. The highest BCUT2D eigenvalue weighted by molar-refractivity contribution is 9.10. The lowest BCUT2D eigenvalue weighted by Crippen LogP contribution is -1.79. The first kappa shape index (κ1) is 11.2. The molecule has 0 atom stereocenters. The van der Waals surface area contributed by atoms with E-state index in [9.17, 15) is 0 Å². The molecule has 0 amide bonds. The first-order chi connectivity index (χ1) is 7.69. The van der Waals surface area contributed by atoms with E-state index in [4.69, 9.17) is 9.68 Å². The SMILES string of the molecule is Cc1coc(Sc2ccc(C#N)cc2Br)n1. The topological polar surface area (TPSA) is 49.8 Å². The number of aromatic nitrogens is 1. The molecule has 0 bridgehead atoms. The Hall–Kier alpha value is -1.25. The van der Waals surface area contributed by atoms with Crippen LogP contribution in [0.1, 0.15) is 11.3 Å². The third kappa shape index (κ3) is 2.46. The molecular weight excluding hydrogens is 288 g/mol. The molecular formula is C11H7BrN2OS. The Labute approximate surface area is 106 Å². The second kappa shape index (κ2) is 4.73. The highest BCUT2D eigenvalue weighted by Gasteiger charge is 2.07. The third-order valence-corrected chi connectivity index (χ3v) is 3.71. The van der Waals surface area contributed by atoms with Crippen LogP contribution >= 0.6 is 27.7 Å². The molecule has 3 nitrogen and oxygen atoms in total. The van der Waals surface area contributed by atoms with E-state index in [-0.39, 0.29) is 0 Å². The van der Waals surface area contributed by atoms with Gasteiger partial charge in [-0.2, -0.15) is 5.26 Å². The molecule has 5 heteroatoms. The van der Waals surface area contributed by atoms with Gasteiger partial charge in [-0.25, -0.2) is 4.98 Å². The fraction of sp³-hybridized carbons (Fsp3) is 0.0909. The second-order valence-electron chi connectivity index (χ2n) is 3.11. The van der Waals surface area contributed by atoms with Crippen molar-refractivity contribution < 1.29 is 4.42 Å². The molecule has 0 saturated carbocycles. The molecule has 0 unspecified atom stereocenters. The van der Waals surface area contributed by atoms with Crippen LogP contribution in [0.4, 0.5) is 0 Å². The number of nitrogens with zero attached hydrogens (tertiary/aromatic N) is 2. The fourth-order valence-corrected chi connectivity index (χ4v) is 2.51. The summed E-state index contributed by atoms with van der Waals surface area (Å²) in [4.78, 5) is 5.17. The predicted octanol–water partition coefficient (Wildman–Crippen LogP) is 3.77. The zero-order valence-corrected chi connectivity index (χ0v) is 10.8. The van der Waals surface area contributed by atoms with Crippen molar-refractivity contribution in [3.8, 4) is 6.07 Å². The van der Waals surface area contributed by atoms with Gasteiger partial charge in [0, 0.05) is 9.37 Å². The molecule has 80 valence electrons. The van der Waals surface area contributed by atoms with Crippen molar-refractivity contribution in [3.63, 3.8) is 0 Å². The van der Waals surface area contributed by atoms with Gasteiger partial charge in [0.1, 0.15) is 6.26 Å². The zero-order valence-electron chi connectivity index (χ0n) is 8.40. The molecule has 16 heavy (non-hydrogen) atoms. The average molecular weight is 295 g/mol. The van der Waals surface area contributed by atoms with Crippen LogP contribution in [0, 0.1) is 18.3 Å². The molecule has 0 aliphatic rings. The molecule has 0 radical (unpaired) electrons. The van der Waals surface area contributed by atoms with Gasteiger partial charge >= 0.3 is 0 Å². The Morgan fingerprint density at radius 2 is 2.31 bits per heavy atom. The normalized spacial score (nSPS) is 10.1. The molecule has 1 aromatic heterocycles. The van der Waals surface area contributed by atoms with Crippen molar-refractivity contribution in [2.75, 3.05) is 0 Å². The van der Waals surface area contributed by atoms with Crippen LogP contribution in [0.15, 0.2) is 43.5 Å². The number of hydrogen-bond acceptors (Lipinski definition) is 4. The minimum atomic E-state index is 0.600. The first-order valence-corrected chi connectivity index (χ1v) is 6.09. The maximum absolute atomic E-state index is 8.74. The number of benzene rings is 1. The largest absolute Gasteiger partial charge is 0.439 e. The van der Waals surface area contributed by atoms with E-state index in [0.29, 0.717) is 10.8 Å². The lowest BCUT2D eigenvalue weighted by atomic mass is 10.2. The summed E-state index contributed by atoms with van der Waals surface area (Å²) >= 11 is 4.83. The molecule has 0 aliphatic heterocycles. The van der Waals surface area contributed by atoms with Crippen LogP contribution in [0.2, 0.25) is 0 Å². The minimum Gasteiger partial charge on any atom is -0.439 e. The molecule has 1 aromatic carbocycles. The van der Waals surface area contributed by atoms with Crippen LogP contribution < -0.4 is 0 Å². The van der Waals surface area contributed by atoms with Crippen molar-refractivity contribution in [2.24, 2.45) is 0 Å². The van der Waals surface area contributed by atoms with Gasteiger partial charge in [0.2, 0.25) is 0 Å². The summed E-state index contributed by atoms with van der Waals surface area (Å²) in [6.45, 7) is 1.88. The summed E-state index contributed by atoms with van der Waals surface area (Å²) in [5.74, 6) is 0. The van der Waals surface area contributed by atoms with E-state index in [1.165, 1.54) is 11.8 Å². The van der Waals surface area contributed by atoms with Gasteiger partial charge in [-0.3, -0.25) is 0 Å². The van der Waals surface area contributed by atoms with Gasteiger partial charge in [0.25, 0.3) is 5.22 Å². The maximum Gasteiger partial charge on any atom is 0.260 e. The number of hydrogen-bond donors (Lipinski definition) is 0. The summed E-state index contributed by atoms with van der Waals surface area (Å²) in [7, 11) is 0. The van der Waals surface area contributed by atoms with Gasteiger partial charge in [-0.05, 0) is 52.8 Å². The summed E-state index contributed by atoms with van der Waals surface area (Å²) in [5, 5.41) is 9.34. The smallest absolute Gasteiger partial charge is 0.260 e. The molecule has 2 aromatic rings. The van der Waals surface area contributed by atoms with Gasteiger partial charge in [-0.15, -0.1) is 0 Å². The summed E-state index contributed by atoms with van der Waals surface area (Å²) in [6.07, 6.45) is 1.61. The molecule has 0 fully saturated rings. The average Bonchev–Trinajstić information content (AvgIpc) is 2.67. The van der Waals surface area contributed by atoms with Crippen LogP contribution in [-0.4, -0.2) is 4.98 Å². The Balaban J connectivity index is 2.26. The van der Waals surface area contributed by atoms with Crippen molar-refractivity contribution >= 4 is 27.7 Å². The minimum absolute atomic E-state index is 0.600. The van der Waals surface area contributed by atoms with Gasteiger partial charge in [0.15, 0.2) is 0 Å². The Morgan fingerprint density at radius 3 is 2.88 bits per heavy atom. The highest BCUT2D eigenvalue weighted by atomic mass is 79.9. The fourth-order valence-electron chi connectivity index (χ4n) is 1.13. The van der Waals surface area contributed by atoms with E-state index >= 15 is 0 Å². The number of halogens is 1. The number of aryl methyl sites for hydroxylation is 1. The number of rotatable bonds is 2. The monoisotopic (exact) mass is 294 g/mol. The molecule has 0 saturated heterocycles. The quantitative estimate of drug-likeness (QED) is 0.846. The number of nitriles is 1. The Bertz CT molecular complexity index is 559. The van der Waals surface area contributed by atoms with E-state index in [1.807, 2.05) is 13.0 Å². The van der Waals surface area contributed by atoms with Crippen molar-refractivity contribution in [3.05, 3.63) is 40.2 Å². The van der Waals surface area contributed by atoms with Crippen molar-refractivity contribution in [1.82, 2.24) is 4.98 Å². The van der Waals surface area contributed by atoms with Crippen LogP contribution in [0.5, 0.6) is 0 Å². The highest BCUT2D eigenvalue weighted by Crippen LogP contribution is 2.33. The van der Waals surface area contributed by atoms with Crippen molar-refractivity contribution in [2.45, 2.75) is 17.0 Å². The number of oxazole rings is 1. The molecule has 2 rings (SSSR count). The van der Waals surface area contributed by atoms with Crippen LogP contribution in [0.3, 0.4) is 0 Å². The standard InChI is InChI=1S/C11H7BrN2OS/c1-7-6-15-11(14-7)16-10-3-2-8(5-13)4-9(10)12/h2-4,6H,1H3. The van der Waals surface area contributed by atoms with Gasteiger partial charge < -0.3 is 4.42 Å². The van der Waals surface area contributed by atoms with Gasteiger partial charge in [0.05, 0.1) is 17.3 Å². The molecule has 0 N–H and O–H groups in total. The third-order valence-electron chi connectivity index (χ3n) is 1.86. The summed E-state index contributed by atoms with van der Waals surface area (Å²) in [6, 6.07) is 7.50. The van der Waals surface area contributed by atoms with E-state index in [1.54, 1.807) is 18.4 Å². The molecule has 0 aliphatic carbocycles. The zero-order chi connectivity index (χ0) is 11.5. The van der Waals surface area contributed by atoms with E-state index < -0.39 is 0 Å². The lowest BCUT2D eigenvalue weighted by Gasteiger charge is -2.00. The van der Waals surface area contributed by atoms with E-state index in [2.05, 4.69) is 27.0 Å². The lowest BCUT2D eigenvalue weighted by molar-refractivity contribution is 0.454. The summed E-state index contributed by atoms with van der Waals surface area (Å²) < 4.78 is 6.11. The van der Waals surface area contributed by atoms with Crippen LogP contribution in [0.25, 0.3) is 0 Å². The summed E-state index contributed by atoms with van der Waals surface area (Å²) in [5.41, 5.74) is 1.48. The Morgan fingerprint density at radius 1 is 1.50 bits per heavy atom. The molecule has 0 spiro atoms. The van der Waals surface area contributed by atoms with E-state index in [0.717, 1.165) is 15.1 Å². The Kier molecular flexibility index (Phi) is 3.32. The second-order valence-corrected chi connectivity index (χ2v) is 4.96.